The summed E-state index contributed by atoms with van der Waals surface area (Å²) in [6, 6.07) is 9.18. The Hall–Kier alpha value is -3.46. The van der Waals surface area contributed by atoms with Gasteiger partial charge in [-0.25, -0.2) is 4.79 Å². The third-order valence-electron chi connectivity index (χ3n) is 4.66. The van der Waals surface area contributed by atoms with E-state index in [1.54, 1.807) is 41.8 Å². The fraction of sp³-hybridized carbons (Fsp3) is 0.304. The van der Waals surface area contributed by atoms with Crippen LogP contribution in [-0.2, 0) is 4.74 Å². The molecule has 3 rings (SSSR count). The molecule has 0 bridgehead atoms. The van der Waals surface area contributed by atoms with Crippen molar-refractivity contribution in [2.45, 2.75) is 33.8 Å². The molecule has 2 amide bonds. The summed E-state index contributed by atoms with van der Waals surface area (Å²) >= 11 is 1.04. The van der Waals surface area contributed by atoms with Gasteiger partial charge in [0.25, 0.3) is 11.8 Å². The van der Waals surface area contributed by atoms with Crippen molar-refractivity contribution >= 4 is 34.1 Å². The predicted octanol–water partition coefficient (Wildman–Crippen LogP) is 4.54. The second-order valence-corrected chi connectivity index (χ2v) is 8.72. The van der Waals surface area contributed by atoms with Gasteiger partial charge in [-0.2, -0.15) is 0 Å². The maximum atomic E-state index is 13.3. The Balaban J connectivity index is 2.05. The van der Waals surface area contributed by atoms with Crippen molar-refractivity contribution in [3.05, 3.63) is 57.7 Å². The zero-order chi connectivity index (χ0) is 23.6. The molecule has 2 aromatic heterocycles. The third kappa shape index (κ3) is 4.57. The minimum Gasteiger partial charge on any atom is -0.459 e. The highest BCUT2D eigenvalue weighted by Crippen LogP contribution is 2.36. The Morgan fingerprint density at radius 3 is 2.34 bits per heavy atom. The first kappa shape index (κ1) is 23.2. The van der Waals surface area contributed by atoms with Crippen LogP contribution in [0.2, 0.25) is 0 Å². The minimum atomic E-state index is -0.604. The van der Waals surface area contributed by atoms with Gasteiger partial charge in [-0.3, -0.25) is 9.59 Å². The van der Waals surface area contributed by atoms with Gasteiger partial charge in [0, 0.05) is 19.7 Å². The van der Waals surface area contributed by atoms with Crippen LogP contribution in [0.3, 0.4) is 0 Å². The number of benzene rings is 1. The van der Waals surface area contributed by atoms with Crippen LogP contribution in [0.5, 0.6) is 0 Å². The second-order valence-electron chi connectivity index (χ2n) is 7.70. The number of ether oxygens (including phenoxy) is 1. The number of rotatable bonds is 6. The normalized spacial score (nSPS) is 10.8. The average Bonchev–Trinajstić information content (AvgIpc) is 3.27. The number of aromatic nitrogens is 1. The van der Waals surface area contributed by atoms with Crippen LogP contribution in [0, 0.1) is 13.8 Å². The van der Waals surface area contributed by atoms with Crippen LogP contribution in [0.15, 0.2) is 34.9 Å². The van der Waals surface area contributed by atoms with E-state index < -0.39 is 11.9 Å². The lowest BCUT2D eigenvalue weighted by molar-refractivity contribution is 0.0379. The quantitative estimate of drug-likeness (QED) is 0.548. The molecule has 0 aliphatic heterocycles. The predicted molar refractivity (Wildman–Crippen MR) is 122 cm³/mol. The Labute approximate surface area is 190 Å². The Kier molecular flexibility index (Phi) is 6.78. The molecule has 0 aliphatic rings. The molecule has 168 valence electrons. The highest BCUT2D eigenvalue weighted by Gasteiger charge is 2.30. The van der Waals surface area contributed by atoms with Crippen molar-refractivity contribution in [1.82, 2.24) is 10.1 Å². The molecule has 0 saturated carbocycles. The summed E-state index contributed by atoms with van der Waals surface area (Å²) in [6.45, 7) is 6.77. The van der Waals surface area contributed by atoms with Crippen LogP contribution >= 0.6 is 11.3 Å². The Bertz CT molecular complexity index is 1160. The molecular weight excluding hydrogens is 430 g/mol. The van der Waals surface area contributed by atoms with E-state index >= 15 is 0 Å². The number of nitrogens with zero attached hydrogens (tertiary/aromatic N) is 2. The summed E-state index contributed by atoms with van der Waals surface area (Å²) in [7, 11) is 3.25. The number of aryl methyl sites for hydroxylation is 1. The van der Waals surface area contributed by atoms with Gasteiger partial charge in [0.2, 0.25) is 0 Å². The topological polar surface area (TPSA) is 102 Å². The van der Waals surface area contributed by atoms with E-state index in [-0.39, 0.29) is 28.1 Å². The molecule has 2 heterocycles. The lowest BCUT2D eigenvalue weighted by Gasteiger charge is -2.11. The molecule has 32 heavy (non-hydrogen) atoms. The molecule has 8 nitrogen and oxygen atoms in total. The van der Waals surface area contributed by atoms with Gasteiger partial charge in [0.15, 0.2) is 0 Å². The number of nitrogens with one attached hydrogen (secondary N) is 1. The number of amides is 2. The van der Waals surface area contributed by atoms with Gasteiger partial charge in [-0.05, 0) is 33.3 Å². The second kappa shape index (κ2) is 9.35. The Morgan fingerprint density at radius 1 is 1.09 bits per heavy atom. The van der Waals surface area contributed by atoms with Crippen molar-refractivity contribution in [1.29, 1.82) is 0 Å². The smallest absolute Gasteiger partial charge is 0.341 e. The lowest BCUT2D eigenvalue weighted by atomic mass is 10.1. The third-order valence-corrected chi connectivity index (χ3v) is 5.85. The van der Waals surface area contributed by atoms with Crippen molar-refractivity contribution in [3.8, 4) is 11.3 Å². The molecule has 0 spiro atoms. The average molecular weight is 456 g/mol. The molecule has 0 fully saturated rings. The van der Waals surface area contributed by atoms with Gasteiger partial charge in [-0.1, -0.05) is 35.5 Å². The monoisotopic (exact) mass is 455 g/mol. The summed E-state index contributed by atoms with van der Waals surface area (Å²) in [4.78, 5) is 40.5. The molecule has 3 aromatic rings. The maximum Gasteiger partial charge on any atom is 0.341 e. The van der Waals surface area contributed by atoms with E-state index in [2.05, 4.69) is 10.5 Å². The summed E-state index contributed by atoms with van der Waals surface area (Å²) in [5, 5.41) is 7.05. The van der Waals surface area contributed by atoms with Crippen LogP contribution < -0.4 is 5.32 Å². The van der Waals surface area contributed by atoms with Crippen molar-refractivity contribution in [3.63, 3.8) is 0 Å². The molecule has 0 atom stereocenters. The summed E-state index contributed by atoms with van der Waals surface area (Å²) in [5.74, 6) is -1.03. The number of esters is 1. The van der Waals surface area contributed by atoms with E-state index in [1.165, 1.54) is 4.90 Å². The first-order valence-corrected chi connectivity index (χ1v) is 10.8. The first-order chi connectivity index (χ1) is 15.1. The molecule has 9 heteroatoms. The number of carbonyl (C=O) groups is 3. The van der Waals surface area contributed by atoms with Gasteiger partial charge >= 0.3 is 5.97 Å². The Morgan fingerprint density at radius 2 is 1.75 bits per heavy atom. The maximum absolute atomic E-state index is 13.3. The molecule has 0 aliphatic carbocycles. The van der Waals surface area contributed by atoms with Crippen molar-refractivity contribution in [2.75, 3.05) is 19.4 Å². The first-order valence-electron chi connectivity index (χ1n) is 10.0. The summed E-state index contributed by atoms with van der Waals surface area (Å²) < 4.78 is 10.6. The number of carbonyl (C=O) groups excluding carboxylic acids is 3. The lowest BCUT2D eigenvalue weighted by Crippen LogP contribution is -2.21. The van der Waals surface area contributed by atoms with Crippen LogP contribution in [0.4, 0.5) is 5.00 Å². The largest absolute Gasteiger partial charge is 0.459 e. The fourth-order valence-electron chi connectivity index (χ4n) is 3.13. The SMILES string of the molecule is Cc1onc(-c2ccccc2)c1C(=O)Nc1sc(C(=O)N(C)C)c(C)c1C(=O)OC(C)C. The summed E-state index contributed by atoms with van der Waals surface area (Å²) in [6.07, 6.45) is -0.358. The summed E-state index contributed by atoms with van der Waals surface area (Å²) in [5.41, 5.74) is 1.99. The van der Waals surface area contributed by atoms with E-state index in [0.717, 1.165) is 16.9 Å². The zero-order valence-electron chi connectivity index (χ0n) is 18.8. The van der Waals surface area contributed by atoms with E-state index in [1.807, 2.05) is 30.3 Å². The minimum absolute atomic E-state index is 0.164. The zero-order valence-corrected chi connectivity index (χ0v) is 19.6. The molecule has 0 radical (unpaired) electrons. The van der Waals surface area contributed by atoms with E-state index in [4.69, 9.17) is 9.26 Å². The highest BCUT2D eigenvalue weighted by atomic mass is 32.1. The standard InChI is InChI=1S/C23H25N3O5S/c1-12(2)30-23(29)16-13(3)19(22(28)26(5)6)32-21(16)24-20(27)17-14(4)31-25-18(17)15-10-8-7-9-11-15/h7-12H,1-6H3,(H,24,27). The molecule has 1 N–H and O–H groups in total. The van der Waals surface area contributed by atoms with Gasteiger partial charge in [-0.15, -0.1) is 11.3 Å². The molecule has 0 saturated heterocycles. The van der Waals surface area contributed by atoms with Gasteiger partial charge in [0.05, 0.1) is 16.5 Å². The molecule has 1 aromatic carbocycles. The molecule has 0 unspecified atom stereocenters. The van der Waals surface area contributed by atoms with Crippen LogP contribution in [0.1, 0.15) is 55.6 Å². The fourth-order valence-corrected chi connectivity index (χ4v) is 4.34. The van der Waals surface area contributed by atoms with Crippen molar-refractivity contribution in [2.24, 2.45) is 0 Å². The van der Waals surface area contributed by atoms with Gasteiger partial charge < -0.3 is 19.5 Å². The molecular formula is C23H25N3O5S. The van der Waals surface area contributed by atoms with Crippen LogP contribution in [-0.4, -0.2) is 48.0 Å². The number of hydrogen-bond acceptors (Lipinski definition) is 7. The number of thiophene rings is 1. The highest BCUT2D eigenvalue weighted by molar-refractivity contribution is 7.18. The van der Waals surface area contributed by atoms with E-state index in [0.29, 0.717) is 21.9 Å². The van der Waals surface area contributed by atoms with Crippen LogP contribution in [0.25, 0.3) is 11.3 Å². The van der Waals surface area contributed by atoms with Gasteiger partial charge in [0.1, 0.15) is 22.0 Å². The van der Waals surface area contributed by atoms with Crippen molar-refractivity contribution < 1.29 is 23.6 Å². The number of anilines is 1. The van der Waals surface area contributed by atoms with E-state index in [9.17, 15) is 14.4 Å². The number of hydrogen-bond donors (Lipinski definition) is 1.